The smallest absolute Gasteiger partial charge is 0.325 e. The zero-order valence-electron chi connectivity index (χ0n) is 13.7. The van der Waals surface area contributed by atoms with Crippen molar-refractivity contribution in [2.24, 2.45) is 11.7 Å². The Balaban J connectivity index is 2.54. The zero-order chi connectivity index (χ0) is 15.2. The summed E-state index contributed by atoms with van der Waals surface area (Å²) < 4.78 is 5.06. The van der Waals surface area contributed by atoms with Gasteiger partial charge in [0.15, 0.2) is 0 Å². The van der Waals surface area contributed by atoms with Gasteiger partial charge in [-0.2, -0.15) is 0 Å². The first kappa shape index (κ1) is 17.4. The minimum atomic E-state index is -0.871. The second-order valence-electron chi connectivity index (χ2n) is 6.72. The molecule has 0 radical (unpaired) electrons. The molecule has 0 aromatic rings. The molecule has 118 valence electrons. The molecular weight excluding hydrogens is 252 g/mol. The maximum absolute atomic E-state index is 11.9. The molecule has 0 spiro atoms. The van der Waals surface area contributed by atoms with Gasteiger partial charge in [0.1, 0.15) is 5.54 Å². The summed E-state index contributed by atoms with van der Waals surface area (Å²) >= 11 is 0. The molecule has 0 aliphatic heterocycles. The fourth-order valence-electron chi connectivity index (χ4n) is 2.94. The van der Waals surface area contributed by atoms with Crippen molar-refractivity contribution in [1.29, 1.82) is 0 Å². The van der Waals surface area contributed by atoms with Gasteiger partial charge in [-0.25, -0.2) is 0 Å². The third-order valence-electron chi connectivity index (χ3n) is 4.10. The number of hydrogen-bond donors (Lipinski definition) is 1. The number of esters is 1. The minimum absolute atomic E-state index is 0.282. The van der Waals surface area contributed by atoms with Crippen molar-refractivity contribution in [3.05, 3.63) is 0 Å². The molecule has 1 rings (SSSR count). The van der Waals surface area contributed by atoms with E-state index in [2.05, 4.69) is 18.7 Å². The van der Waals surface area contributed by atoms with Crippen molar-refractivity contribution < 1.29 is 9.53 Å². The van der Waals surface area contributed by atoms with Crippen molar-refractivity contribution in [2.75, 3.05) is 19.7 Å². The van der Waals surface area contributed by atoms with E-state index in [4.69, 9.17) is 10.5 Å². The van der Waals surface area contributed by atoms with Crippen LogP contribution < -0.4 is 5.73 Å². The van der Waals surface area contributed by atoms with Crippen LogP contribution in [0.3, 0.4) is 0 Å². The fourth-order valence-corrected chi connectivity index (χ4v) is 2.94. The highest BCUT2D eigenvalue weighted by Crippen LogP contribution is 2.25. The Labute approximate surface area is 124 Å². The molecule has 2 N–H and O–H groups in total. The molecule has 20 heavy (non-hydrogen) atoms. The van der Waals surface area contributed by atoms with E-state index >= 15 is 0 Å². The van der Waals surface area contributed by atoms with E-state index in [0.717, 1.165) is 13.1 Å². The molecule has 0 aromatic heterocycles. The average Bonchev–Trinajstić information content (AvgIpc) is 2.88. The number of hydrogen-bond acceptors (Lipinski definition) is 4. The number of ether oxygens (including phenoxy) is 1. The first-order chi connectivity index (χ1) is 9.36. The SMILES string of the molecule is CCOC(=O)C(C)(N)CCN(CC(C)C)C1CCCC1. The Bertz CT molecular complexity index is 297. The Hall–Kier alpha value is -0.610. The molecule has 1 aliphatic rings. The van der Waals surface area contributed by atoms with Crippen molar-refractivity contribution >= 4 is 5.97 Å². The lowest BCUT2D eigenvalue weighted by molar-refractivity contribution is -0.149. The predicted octanol–water partition coefficient (Wildman–Crippen LogP) is 2.56. The summed E-state index contributed by atoms with van der Waals surface area (Å²) in [6.45, 7) is 10.5. The molecule has 1 aliphatic carbocycles. The van der Waals surface area contributed by atoms with Crippen molar-refractivity contribution in [1.82, 2.24) is 4.90 Å². The third-order valence-corrected chi connectivity index (χ3v) is 4.10. The molecule has 0 amide bonds. The van der Waals surface area contributed by atoms with Crippen molar-refractivity contribution in [3.8, 4) is 0 Å². The van der Waals surface area contributed by atoms with Crippen LogP contribution >= 0.6 is 0 Å². The highest BCUT2D eigenvalue weighted by Gasteiger charge is 2.32. The van der Waals surface area contributed by atoms with E-state index in [9.17, 15) is 4.79 Å². The summed E-state index contributed by atoms with van der Waals surface area (Å²) in [5.41, 5.74) is 5.25. The third kappa shape index (κ3) is 5.41. The average molecular weight is 284 g/mol. The molecule has 0 heterocycles. The Morgan fingerprint density at radius 1 is 1.40 bits per heavy atom. The summed E-state index contributed by atoms with van der Waals surface area (Å²) in [5.74, 6) is 0.359. The summed E-state index contributed by atoms with van der Waals surface area (Å²) in [5, 5.41) is 0. The van der Waals surface area contributed by atoms with Crippen LogP contribution in [0.4, 0.5) is 0 Å². The van der Waals surface area contributed by atoms with Crippen LogP contribution in [-0.4, -0.2) is 42.1 Å². The van der Waals surface area contributed by atoms with Crippen LogP contribution in [0.25, 0.3) is 0 Å². The molecule has 1 fully saturated rings. The largest absolute Gasteiger partial charge is 0.465 e. The second-order valence-corrected chi connectivity index (χ2v) is 6.72. The fraction of sp³-hybridized carbons (Fsp3) is 0.938. The van der Waals surface area contributed by atoms with Gasteiger partial charge in [-0.05, 0) is 39.0 Å². The van der Waals surface area contributed by atoms with Crippen LogP contribution in [0.1, 0.15) is 59.8 Å². The van der Waals surface area contributed by atoms with Crippen molar-refractivity contribution in [3.63, 3.8) is 0 Å². The second kappa shape index (κ2) is 7.99. The van der Waals surface area contributed by atoms with Gasteiger partial charge < -0.3 is 15.4 Å². The normalized spacial score (nSPS) is 19.6. The molecule has 1 saturated carbocycles. The van der Waals surface area contributed by atoms with Crippen molar-refractivity contribution in [2.45, 2.75) is 71.4 Å². The molecule has 0 saturated heterocycles. The van der Waals surface area contributed by atoms with Gasteiger partial charge in [0.05, 0.1) is 6.61 Å². The van der Waals surface area contributed by atoms with Gasteiger partial charge >= 0.3 is 5.97 Å². The number of carbonyl (C=O) groups is 1. The Morgan fingerprint density at radius 3 is 2.50 bits per heavy atom. The molecule has 0 bridgehead atoms. The highest BCUT2D eigenvalue weighted by atomic mass is 16.5. The number of rotatable bonds is 8. The van der Waals surface area contributed by atoms with Gasteiger partial charge in [-0.1, -0.05) is 26.7 Å². The quantitative estimate of drug-likeness (QED) is 0.696. The lowest BCUT2D eigenvalue weighted by Crippen LogP contribution is -2.49. The molecule has 4 nitrogen and oxygen atoms in total. The molecule has 1 unspecified atom stereocenters. The number of nitrogens with zero attached hydrogens (tertiary/aromatic N) is 1. The summed E-state index contributed by atoms with van der Waals surface area (Å²) in [6.07, 6.45) is 5.89. The van der Waals surface area contributed by atoms with Gasteiger partial charge in [-0.15, -0.1) is 0 Å². The van der Waals surface area contributed by atoms with Gasteiger partial charge in [0.2, 0.25) is 0 Å². The highest BCUT2D eigenvalue weighted by molar-refractivity contribution is 5.79. The summed E-state index contributed by atoms with van der Waals surface area (Å²) in [6, 6.07) is 0.676. The maximum atomic E-state index is 11.9. The van der Waals surface area contributed by atoms with Crippen LogP contribution in [0.2, 0.25) is 0 Å². The van der Waals surface area contributed by atoms with Gasteiger partial charge in [0.25, 0.3) is 0 Å². The standard InChI is InChI=1S/C16H32N2O2/c1-5-20-15(19)16(4,17)10-11-18(12-13(2)3)14-8-6-7-9-14/h13-14H,5-12,17H2,1-4H3. The summed E-state index contributed by atoms with van der Waals surface area (Å²) in [4.78, 5) is 14.4. The number of carbonyl (C=O) groups excluding carboxylic acids is 1. The topological polar surface area (TPSA) is 55.6 Å². The Kier molecular flexibility index (Phi) is 6.96. The van der Waals surface area contributed by atoms with E-state index < -0.39 is 5.54 Å². The first-order valence-corrected chi connectivity index (χ1v) is 8.07. The van der Waals surface area contributed by atoms with Crippen LogP contribution in [0.5, 0.6) is 0 Å². The summed E-state index contributed by atoms with van der Waals surface area (Å²) in [7, 11) is 0. The lowest BCUT2D eigenvalue weighted by atomic mass is 9.98. The van der Waals surface area contributed by atoms with E-state index in [1.54, 1.807) is 6.92 Å². The molecule has 0 aromatic carbocycles. The maximum Gasteiger partial charge on any atom is 0.325 e. The monoisotopic (exact) mass is 284 g/mol. The molecule has 1 atom stereocenters. The van der Waals surface area contributed by atoms with E-state index in [1.165, 1.54) is 25.7 Å². The predicted molar refractivity (Wildman–Crippen MR) is 82.5 cm³/mol. The van der Waals surface area contributed by atoms with E-state index in [0.29, 0.717) is 25.0 Å². The van der Waals surface area contributed by atoms with E-state index in [1.807, 2.05) is 6.92 Å². The van der Waals surface area contributed by atoms with Crippen LogP contribution in [0, 0.1) is 5.92 Å². The van der Waals surface area contributed by atoms with Crippen LogP contribution in [0.15, 0.2) is 0 Å². The first-order valence-electron chi connectivity index (χ1n) is 8.07. The Morgan fingerprint density at radius 2 is 2.00 bits per heavy atom. The van der Waals surface area contributed by atoms with E-state index in [-0.39, 0.29) is 5.97 Å². The van der Waals surface area contributed by atoms with Crippen LogP contribution in [-0.2, 0) is 9.53 Å². The van der Waals surface area contributed by atoms with Gasteiger partial charge in [0, 0.05) is 19.1 Å². The minimum Gasteiger partial charge on any atom is -0.465 e. The number of nitrogens with two attached hydrogens (primary N) is 1. The lowest BCUT2D eigenvalue weighted by Gasteiger charge is -2.33. The zero-order valence-corrected chi connectivity index (χ0v) is 13.7. The molecule has 4 heteroatoms. The van der Waals surface area contributed by atoms with Gasteiger partial charge in [-0.3, -0.25) is 4.79 Å². The molecular formula is C16H32N2O2.